The van der Waals surface area contributed by atoms with Gasteiger partial charge in [0.05, 0.1) is 5.92 Å². The summed E-state index contributed by atoms with van der Waals surface area (Å²) >= 11 is 5.99. The van der Waals surface area contributed by atoms with Crippen LogP contribution in [0.1, 0.15) is 18.4 Å². The van der Waals surface area contributed by atoms with Crippen LogP contribution in [0.5, 0.6) is 5.75 Å². The van der Waals surface area contributed by atoms with Crippen LogP contribution in [0.15, 0.2) is 18.2 Å². The number of hydrogen-bond acceptors (Lipinski definition) is 3. The van der Waals surface area contributed by atoms with Crippen LogP contribution < -0.4 is 4.74 Å². The van der Waals surface area contributed by atoms with E-state index in [0.29, 0.717) is 6.54 Å². The normalized spacial score (nSPS) is 26.1. The van der Waals surface area contributed by atoms with Gasteiger partial charge in [-0.1, -0.05) is 11.6 Å². The van der Waals surface area contributed by atoms with E-state index < -0.39 is 5.97 Å². The Balaban J connectivity index is 1.59. The molecule has 2 unspecified atom stereocenters. The number of carboxylic acids is 1. The number of benzene rings is 1. The van der Waals surface area contributed by atoms with E-state index in [2.05, 4.69) is 4.90 Å². The molecule has 1 aromatic carbocycles. The average molecular weight is 296 g/mol. The number of likely N-dealkylation sites (tertiary alicyclic amines) is 1. The number of ether oxygens (including phenoxy) is 1. The molecular formula is C15H18ClNO3. The highest BCUT2D eigenvalue weighted by atomic mass is 35.5. The zero-order valence-electron chi connectivity index (χ0n) is 11.2. The van der Waals surface area contributed by atoms with E-state index in [9.17, 15) is 4.79 Å². The summed E-state index contributed by atoms with van der Waals surface area (Å²) < 4.78 is 5.91. The topological polar surface area (TPSA) is 49.8 Å². The van der Waals surface area contributed by atoms with Gasteiger partial charge in [-0.2, -0.15) is 0 Å². The van der Waals surface area contributed by atoms with Crippen molar-refractivity contribution in [3.8, 4) is 5.75 Å². The molecule has 2 atom stereocenters. The first-order chi connectivity index (χ1) is 9.61. The molecule has 0 amide bonds. The van der Waals surface area contributed by atoms with Gasteiger partial charge in [-0.15, -0.1) is 0 Å². The highest BCUT2D eigenvalue weighted by Gasteiger charge is 2.30. The summed E-state index contributed by atoms with van der Waals surface area (Å²) in [7, 11) is 0. The molecule has 2 aliphatic heterocycles. The van der Waals surface area contributed by atoms with Crippen LogP contribution in [-0.2, 0) is 11.2 Å². The van der Waals surface area contributed by atoms with Gasteiger partial charge in [-0.05, 0) is 43.1 Å². The first kappa shape index (κ1) is 13.7. The summed E-state index contributed by atoms with van der Waals surface area (Å²) in [6, 6.07) is 5.70. The Morgan fingerprint density at radius 3 is 3.15 bits per heavy atom. The van der Waals surface area contributed by atoms with Gasteiger partial charge in [0.1, 0.15) is 11.9 Å². The molecule has 1 aromatic rings. The summed E-state index contributed by atoms with van der Waals surface area (Å²) in [6.45, 7) is 2.38. The number of halogens is 1. The Bertz CT molecular complexity index is 520. The molecule has 0 spiro atoms. The first-order valence-electron chi connectivity index (χ1n) is 7.02. The van der Waals surface area contributed by atoms with Gasteiger partial charge in [0.15, 0.2) is 0 Å². The second-order valence-electron chi connectivity index (χ2n) is 5.63. The third-order valence-corrected chi connectivity index (χ3v) is 4.32. The summed E-state index contributed by atoms with van der Waals surface area (Å²) in [5, 5.41) is 9.85. The largest absolute Gasteiger partial charge is 0.488 e. The molecule has 1 saturated heterocycles. The van der Waals surface area contributed by atoms with Crippen LogP contribution in [0.4, 0.5) is 0 Å². The maximum atomic E-state index is 11.1. The number of carbonyl (C=O) groups is 1. The van der Waals surface area contributed by atoms with Crippen molar-refractivity contribution in [1.29, 1.82) is 0 Å². The lowest BCUT2D eigenvalue weighted by molar-refractivity contribution is -0.143. The Morgan fingerprint density at radius 1 is 1.50 bits per heavy atom. The number of piperidine rings is 1. The van der Waals surface area contributed by atoms with E-state index in [-0.39, 0.29) is 12.0 Å². The molecular weight excluding hydrogens is 278 g/mol. The second kappa shape index (κ2) is 5.62. The average Bonchev–Trinajstić information content (AvgIpc) is 2.80. The van der Waals surface area contributed by atoms with Gasteiger partial charge in [0.25, 0.3) is 0 Å². The van der Waals surface area contributed by atoms with Crippen molar-refractivity contribution in [3.63, 3.8) is 0 Å². The fourth-order valence-corrected chi connectivity index (χ4v) is 3.30. The lowest BCUT2D eigenvalue weighted by Gasteiger charge is -2.32. The quantitative estimate of drug-likeness (QED) is 0.930. The minimum absolute atomic E-state index is 0.107. The molecule has 0 aliphatic carbocycles. The number of hydrogen-bond donors (Lipinski definition) is 1. The fraction of sp³-hybridized carbons (Fsp3) is 0.533. The van der Waals surface area contributed by atoms with E-state index >= 15 is 0 Å². The van der Waals surface area contributed by atoms with E-state index in [4.69, 9.17) is 21.4 Å². The zero-order chi connectivity index (χ0) is 14.1. The van der Waals surface area contributed by atoms with Crippen molar-refractivity contribution in [1.82, 2.24) is 4.90 Å². The molecule has 108 valence electrons. The summed E-state index contributed by atoms with van der Waals surface area (Å²) in [4.78, 5) is 13.3. The molecule has 0 bridgehead atoms. The maximum absolute atomic E-state index is 11.1. The lowest BCUT2D eigenvalue weighted by atomic mass is 9.98. The van der Waals surface area contributed by atoms with Crippen molar-refractivity contribution in [2.75, 3.05) is 19.6 Å². The van der Waals surface area contributed by atoms with Gasteiger partial charge in [0.2, 0.25) is 0 Å². The molecule has 0 radical (unpaired) electrons. The van der Waals surface area contributed by atoms with E-state index in [1.807, 2.05) is 18.2 Å². The Kier molecular flexibility index (Phi) is 3.85. The molecule has 0 saturated carbocycles. The molecule has 5 heteroatoms. The molecule has 0 aromatic heterocycles. The number of fused-ring (bicyclic) bond motifs is 1. The SMILES string of the molecule is O=C(O)C1CCCN(CC2Cc3cc(Cl)ccc3O2)C1. The van der Waals surface area contributed by atoms with Gasteiger partial charge < -0.3 is 9.84 Å². The van der Waals surface area contributed by atoms with Crippen LogP contribution >= 0.6 is 11.6 Å². The van der Waals surface area contributed by atoms with Crippen molar-refractivity contribution >= 4 is 17.6 Å². The summed E-state index contributed by atoms with van der Waals surface area (Å²) in [6.07, 6.45) is 2.69. The van der Waals surface area contributed by atoms with Crippen molar-refractivity contribution < 1.29 is 14.6 Å². The van der Waals surface area contributed by atoms with Crippen molar-refractivity contribution in [3.05, 3.63) is 28.8 Å². The second-order valence-corrected chi connectivity index (χ2v) is 6.07. The molecule has 20 heavy (non-hydrogen) atoms. The molecule has 1 N–H and O–H groups in total. The van der Waals surface area contributed by atoms with Gasteiger partial charge >= 0.3 is 5.97 Å². The number of aliphatic carboxylic acids is 1. The zero-order valence-corrected chi connectivity index (χ0v) is 12.0. The first-order valence-corrected chi connectivity index (χ1v) is 7.40. The highest BCUT2D eigenvalue weighted by molar-refractivity contribution is 6.30. The maximum Gasteiger partial charge on any atom is 0.307 e. The Morgan fingerprint density at radius 2 is 2.35 bits per heavy atom. The van der Waals surface area contributed by atoms with Crippen LogP contribution in [0.3, 0.4) is 0 Å². The highest BCUT2D eigenvalue weighted by Crippen LogP contribution is 2.31. The van der Waals surface area contributed by atoms with E-state index in [1.54, 1.807) is 0 Å². The van der Waals surface area contributed by atoms with Crippen molar-refractivity contribution in [2.24, 2.45) is 5.92 Å². The Labute approximate surface area is 123 Å². The molecule has 2 aliphatic rings. The number of carboxylic acid groups (broad SMARTS) is 1. The minimum Gasteiger partial charge on any atom is -0.488 e. The smallest absolute Gasteiger partial charge is 0.307 e. The van der Waals surface area contributed by atoms with Gasteiger partial charge in [0, 0.05) is 24.5 Å². The number of rotatable bonds is 3. The van der Waals surface area contributed by atoms with Crippen LogP contribution in [-0.4, -0.2) is 41.7 Å². The van der Waals surface area contributed by atoms with Crippen LogP contribution in [0, 0.1) is 5.92 Å². The molecule has 4 nitrogen and oxygen atoms in total. The predicted molar refractivity (Wildman–Crippen MR) is 76.4 cm³/mol. The predicted octanol–water partition coefficient (Wildman–Crippen LogP) is 2.44. The summed E-state index contributed by atoms with van der Waals surface area (Å²) in [5.41, 5.74) is 1.15. The Hall–Kier alpha value is -1.26. The monoisotopic (exact) mass is 295 g/mol. The van der Waals surface area contributed by atoms with E-state index in [1.165, 1.54) is 0 Å². The lowest BCUT2D eigenvalue weighted by Crippen LogP contribution is -2.43. The molecule has 2 heterocycles. The van der Waals surface area contributed by atoms with Crippen LogP contribution in [0.25, 0.3) is 0 Å². The third-order valence-electron chi connectivity index (χ3n) is 4.08. The minimum atomic E-state index is -0.683. The molecule has 1 fully saturated rings. The van der Waals surface area contributed by atoms with E-state index in [0.717, 1.165) is 48.7 Å². The van der Waals surface area contributed by atoms with Gasteiger partial charge in [-0.3, -0.25) is 9.69 Å². The molecule has 3 rings (SSSR count). The standard InChI is InChI=1S/C15H18ClNO3/c16-12-3-4-14-11(6-12)7-13(20-14)9-17-5-1-2-10(8-17)15(18)19/h3-4,6,10,13H,1-2,5,7-9H2,(H,18,19). The van der Waals surface area contributed by atoms with Crippen molar-refractivity contribution in [2.45, 2.75) is 25.4 Å². The van der Waals surface area contributed by atoms with Gasteiger partial charge in [-0.25, -0.2) is 0 Å². The van der Waals surface area contributed by atoms with Crippen LogP contribution in [0.2, 0.25) is 5.02 Å². The third kappa shape index (κ3) is 2.91. The fourth-order valence-electron chi connectivity index (χ4n) is 3.10. The number of nitrogens with zero attached hydrogens (tertiary/aromatic N) is 1. The summed E-state index contributed by atoms with van der Waals surface area (Å²) in [5.74, 6) is -0.00900.